The van der Waals surface area contributed by atoms with E-state index >= 15 is 0 Å². The molecule has 1 aromatic carbocycles. The molecular formula is C21H25F3N2O10. The first-order chi connectivity index (χ1) is 16.7. The topological polar surface area (TPSA) is 189 Å². The number of benzene rings is 1. The van der Waals surface area contributed by atoms with Crippen molar-refractivity contribution in [2.24, 2.45) is 5.92 Å². The predicted molar refractivity (Wildman–Crippen MR) is 113 cm³/mol. The highest BCUT2D eigenvalue weighted by Gasteiger charge is 2.49. The summed E-state index contributed by atoms with van der Waals surface area (Å²) in [4.78, 5) is 56.3. The zero-order valence-electron chi connectivity index (χ0n) is 19.0. The molecule has 1 aliphatic heterocycles. The molecule has 0 aromatic heterocycles. The van der Waals surface area contributed by atoms with Crippen LogP contribution >= 0.6 is 0 Å². The van der Waals surface area contributed by atoms with Crippen molar-refractivity contribution in [2.75, 3.05) is 19.7 Å². The molecule has 0 radical (unpaired) electrons. The lowest BCUT2D eigenvalue weighted by molar-refractivity contribution is -0.192. The van der Waals surface area contributed by atoms with E-state index in [-0.39, 0.29) is 23.8 Å². The summed E-state index contributed by atoms with van der Waals surface area (Å²) in [7, 11) is 0. The molecule has 2 rings (SSSR count). The number of aliphatic carboxylic acids is 3. The fourth-order valence-corrected chi connectivity index (χ4v) is 2.99. The lowest BCUT2D eigenvalue weighted by Gasteiger charge is -2.30. The second-order valence-electron chi connectivity index (χ2n) is 7.52. The summed E-state index contributed by atoms with van der Waals surface area (Å²) in [5.41, 5.74) is -2.66. The van der Waals surface area contributed by atoms with Gasteiger partial charge in [0.25, 0.3) is 0 Å². The number of ether oxygens (including phenoxy) is 2. The van der Waals surface area contributed by atoms with Crippen LogP contribution < -0.4 is 20.1 Å². The fraction of sp³-hybridized carbons (Fsp3) is 0.476. The highest BCUT2D eigenvalue weighted by Crippen LogP contribution is 2.30. The van der Waals surface area contributed by atoms with Gasteiger partial charge in [0.15, 0.2) is 18.1 Å². The standard InChI is InChI=1S/C19H24N2O8.C2HF3O2/c1-12(22)19(18(26)27,21-16(23)10-13-6-8-20-9-7-13)29-15-5-3-2-4-14(15)28-11-17(24)25;3-2(4,5)1(6)7/h2-5,13,20H,6-11H2,1H3,(H,21,23)(H,24,25)(H,26,27);(H,6,7). The number of amides is 1. The van der Waals surface area contributed by atoms with Gasteiger partial charge in [0.05, 0.1) is 0 Å². The van der Waals surface area contributed by atoms with E-state index in [0.717, 1.165) is 32.9 Å². The Kier molecular flexibility index (Phi) is 11.1. The number of carboxylic acids is 3. The van der Waals surface area contributed by atoms with Gasteiger partial charge in [-0.2, -0.15) is 13.2 Å². The molecule has 200 valence electrons. The number of rotatable bonds is 10. The molecule has 0 spiro atoms. The Hall–Kier alpha value is -3.88. The molecule has 1 aliphatic rings. The summed E-state index contributed by atoms with van der Waals surface area (Å²) in [6.45, 7) is 1.82. The molecule has 1 saturated heterocycles. The van der Waals surface area contributed by atoms with Crippen molar-refractivity contribution < 1.29 is 61.9 Å². The smallest absolute Gasteiger partial charge is 0.479 e. The number of hydrogen-bond donors (Lipinski definition) is 5. The first kappa shape index (κ1) is 30.2. The van der Waals surface area contributed by atoms with Crippen molar-refractivity contribution >= 4 is 29.6 Å². The monoisotopic (exact) mass is 522 g/mol. The number of hydrogen-bond acceptors (Lipinski definition) is 8. The molecule has 5 N–H and O–H groups in total. The van der Waals surface area contributed by atoms with E-state index in [1.165, 1.54) is 24.3 Å². The Bertz CT molecular complexity index is 948. The van der Waals surface area contributed by atoms with Crippen molar-refractivity contribution in [3.8, 4) is 11.5 Å². The van der Waals surface area contributed by atoms with Crippen LogP contribution in [0.25, 0.3) is 0 Å². The van der Waals surface area contributed by atoms with Gasteiger partial charge in [-0.3, -0.25) is 9.59 Å². The van der Waals surface area contributed by atoms with Gasteiger partial charge in [-0.15, -0.1) is 0 Å². The van der Waals surface area contributed by atoms with Crippen LogP contribution in [0.5, 0.6) is 11.5 Å². The van der Waals surface area contributed by atoms with Gasteiger partial charge >= 0.3 is 29.8 Å². The molecule has 15 heteroatoms. The SMILES string of the molecule is CC(=O)C(NC(=O)CC1CCNCC1)(Oc1ccccc1OCC(=O)O)C(=O)O.O=C(O)C(F)(F)F. The molecule has 36 heavy (non-hydrogen) atoms. The quantitative estimate of drug-likeness (QED) is 0.218. The molecule has 0 bridgehead atoms. The van der Waals surface area contributed by atoms with E-state index in [2.05, 4.69) is 10.6 Å². The summed E-state index contributed by atoms with van der Waals surface area (Å²) >= 11 is 0. The Balaban J connectivity index is 0.000000809. The van der Waals surface area contributed by atoms with Gasteiger partial charge in [-0.05, 0) is 44.0 Å². The van der Waals surface area contributed by atoms with Gasteiger partial charge in [0.1, 0.15) is 0 Å². The fourth-order valence-electron chi connectivity index (χ4n) is 2.99. The van der Waals surface area contributed by atoms with E-state index in [0.29, 0.717) is 0 Å². The Morgan fingerprint density at radius 1 is 1.00 bits per heavy atom. The molecule has 1 unspecified atom stereocenters. The summed E-state index contributed by atoms with van der Waals surface area (Å²) in [5.74, 6) is -7.46. The van der Waals surface area contributed by atoms with E-state index < -0.39 is 48.1 Å². The van der Waals surface area contributed by atoms with E-state index in [1.54, 1.807) is 0 Å². The van der Waals surface area contributed by atoms with Gasteiger partial charge in [0, 0.05) is 13.3 Å². The zero-order valence-corrected chi connectivity index (χ0v) is 19.0. The summed E-state index contributed by atoms with van der Waals surface area (Å²) < 4.78 is 42.3. The number of nitrogens with one attached hydrogen (secondary N) is 2. The number of carbonyl (C=O) groups is 5. The molecule has 0 saturated carbocycles. The average molecular weight is 522 g/mol. The van der Waals surface area contributed by atoms with Crippen LogP contribution in [0.1, 0.15) is 26.2 Å². The Morgan fingerprint density at radius 3 is 1.97 bits per heavy atom. The van der Waals surface area contributed by atoms with Crippen molar-refractivity contribution in [3.05, 3.63) is 24.3 Å². The molecule has 0 aliphatic carbocycles. The average Bonchev–Trinajstić information content (AvgIpc) is 2.78. The number of para-hydroxylation sites is 2. The largest absolute Gasteiger partial charge is 0.490 e. The molecule has 1 fully saturated rings. The zero-order chi connectivity index (χ0) is 27.5. The van der Waals surface area contributed by atoms with Crippen LogP contribution in [-0.4, -0.2) is 76.5 Å². The maximum Gasteiger partial charge on any atom is 0.490 e. The number of carboxylic acid groups (broad SMARTS) is 3. The molecule has 1 aromatic rings. The van der Waals surface area contributed by atoms with Crippen LogP contribution in [0.4, 0.5) is 13.2 Å². The molecule has 1 amide bonds. The lowest BCUT2D eigenvalue weighted by Crippen LogP contribution is -2.63. The van der Waals surface area contributed by atoms with Crippen molar-refractivity contribution in [1.29, 1.82) is 0 Å². The Labute approximate surface area is 202 Å². The van der Waals surface area contributed by atoms with Crippen LogP contribution in [0.2, 0.25) is 0 Å². The van der Waals surface area contributed by atoms with Crippen LogP contribution in [-0.2, 0) is 24.0 Å². The van der Waals surface area contributed by atoms with Crippen LogP contribution in [0.15, 0.2) is 24.3 Å². The molecule has 1 atom stereocenters. The third-order valence-electron chi connectivity index (χ3n) is 4.75. The number of ketones is 1. The number of alkyl halides is 3. The number of carbonyl (C=O) groups excluding carboxylic acids is 2. The van der Waals surface area contributed by atoms with Crippen molar-refractivity contribution in [2.45, 2.75) is 38.1 Å². The molecule has 1 heterocycles. The normalized spacial score (nSPS) is 15.3. The van der Waals surface area contributed by atoms with Crippen molar-refractivity contribution in [3.63, 3.8) is 0 Å². The number of Topliss-reactive ketones (excluding diaryl/α,β-unsaturated/α-hetero) is 1. The van der Waals surface area contributed by atoms with Crippen LogP contribution in [0.3, 0.4) is 0 Å². The predicted octanol–water partition coefficient (Wildman–Crippen LogP) is 1.04. The van der Waals surface area contributed by atoms with Gasteiger partial charge in [0.2, 0.25) is 11.7 Å². The molecule has 12 nitrogen and oxygen atoms in total. The summed E-state index contributed by atoms with van der Waals surface area (Å²) in [5, 5.41) is 31.0. The second kappa shape index (κ2) is 13.3. The Morgan fingerprint density at radius 2 is 1.53 bits per heavy atom. The third kappa shape index (κ3) is 9.40. The molecular weight excluding hydrogens is 497 g/mol. The van der Waals surface area contributed by atoms with E-state index in [1.807, 2.05) is 0 Å². The minimum atomic E-state index is -5.08. The second-order valence-corrected chi connectivity index (χ2v) is 7.52. The number of halogens is 3. The maximum absolute atomic E-state index is 12.5. The van der Waals surface area contributed by atoms with E-state index in [9.17, 15) is 37.5 Å². The van der Waals surface area contributed by atoms with E-state index in [4.69, 9.17) is 24.5 Å². The summed E-state index contributed by atoms with van der Waals surface area (Å²) in [6, 6.07) is 5.70. The minimum absolute atomic E-state index is 0.0600. The maximum atomic E-state index is 12.5. The van der Waals surface area contributed by atoms with Crippen molar-refractivity contribution in [1.82, 2.24) is 10.6 Å². The summed E-state index contributed by atoms with van der Waals surface area (Å²) in [6.07, 6.45) is -3.49. The number of piperidine rings is 1. The highest BCUT2D eigenvalue weighted by atomic mass is 19.4. The third-order valence-corrected chi connectivity index (χ3v) is 4.75. The van der Waals surface area contributed by atoms with Crippen LogP contribution in [0, 0.1) is 5.92 Å². The first-order valence-electron chi connectivity index (χ1n) is 10.4. The minimum Gasteiger partial charge on any atom is -0.479 e. The lowest BCUT2D eigenvalue weighted by atomic mass is 9.94. The van der Waals surface area contributed by atoms with Gasteiger partial charge in [-0.25, -0.2) is 14.4 Å². The highest BCUT2D eigenvalue weighted by molar-refractivity contribution is 6.08. The van der Waals surface area contributed by atoms with Gasteiger partial charge in [-0.1, -0.05) is 12.1 Å². The van der Waals surface area contributed by atoms with Gasteiger partial charge < -0.3 is 35.4 Å². The first-order valence-corrected chi connectivity index (χ1v) is 10.4.